The van der Waals surface area contributed by atoms with Gasteiger partial charge in [-0.2, -0.15) is 0 Å². The lowest BCUT2D eigenvalue weighted by atomic mass is 10.1. The summed E-state index contributed by atoms with van der Waals surface area (Å²) < 4.78 is 0. The summed E-state index contributed by atoms with van der Waals surface area (Å²) in [5.41, 5.74) is 10.4. The number of nitrogens with zero attached hydrogens (tertiary/aromatic N) is 1. The summed E-state index contributed by atoms with van der Waals surface area (Å²) in [6.45, 7) is 4.71. The van der Waals surface area contributed by atoms with Gasteiger partial charge in [-0.25, -0.2) is 4.99 Å². The first-order valence-electron chi connectivity index (χ1n) is 6.32. The fourth-order valence-corrected chi connectivity index (χ4v) is 1.90. The predicted octanol–water partition coefficient (Wildman–Crippen LogP) is 3.85. The van der Waals surface area contributed by atoms with Gasteiger partial charge >= 0.3 is 0 Å². The molecule has 3 nitrogen and oxygen atoms in total. The van der Waals surface area contributed by atoms with Gasteiger partial charge in [-0.05, 0) is 37.1 Å². The lowest BCUT2D eigenvalue weighted by Crippen LogP contribution is -2.22. The summed E-state index contributed by atoms with van der Waals surface area (Å²) in [6.07, 6.45) is 0. The SMILES string of the molecule is Cc1cccc(CN=C(N)Nc2cccc(C)c2)c1.I. The van der Waals surface area contributed by atoms with Crippen molar-refractivity contribution in [2.45, 2.75) is 20.4 Å². The van der Waals surface area contributed by atoms with Crippen LogP contribution in [0.25, 0.3) is 0 Å². The van der Waals surface area contributed by atoms with Gasteiger partial charge in [-0.15, -0.1) is 24.0 Å². The molecule has 0 saturated heterocycles. The molecule has 0 aliphatic rings. The summed E-state index contributed by atoms with van der Waals surface area (Å²) in [7, 11) is 0. The van der Waals surface area contributed by atoms with Crippen LogP contribution in [-0.2, 0) is 6.54 Å². The molecule has 0 unspecified atom stereocenters. The van der Waals surface area contributed by atoms with E-state index < -0.39 is 0 Å². The summed E-state index contributed by atoms with van der Waals surface area (Å²) in [5, 5.41) is 3.10. The molecule has 106 valence electrons. The van der Waals surface area contributed by atoms with Crippen molar-refractivity contribution in [2.75, 3.05) is 5.32 Å². The number of hydrogen-bond acceptors (Lipinski definition) is 1. The Bertz CT molecular complexity index is 594. The third-order valence-corrected chi connectivity index (χ3v) is 2.80. The molecular weight excluding hydrogens is 361 g/mol. The standard InChI is InChI=1S/C16H19N3.HI/c1-12-5-3-7-14(9-12)11-18-16(17)19-15-8-4-6-13(2)10-15;/h3-10H,11H2,1-2H3,(H3,17,18,19);1H. The minimum absolute atomic E-state index is 0. The third-order valence-electron chi connectivity index (χ3n) is 2.80. The Kier molecular flexibility index (Phi) is 6.51. The second-order valence-corrected chi connectivity index (χ2v) is 4.69. The molecule has 0 fully saturated rings. The van der Waals surface area contributed by atoms with Crippen LogP contribution in [0.1, 0.15) is 16.7 Å². The Labute approximate surface area is 137 Å². The number of halogens is 1. The van der Waals surface area contributed by atoms with E-state index in [0.717, 1.165) is 11.3 Å². The van der Waals surface area contributed by atoms with Gasteiger partial charge in [0.15, 0.2) is 5.96 Å². The van der Waals surface area contributed by atoms with E-state index in [9.17, 15) is 0 Å². The molecule has 2 aromatic carbocycles. The van der Waals surface area contributed by atoms with E-state index in [-0.39, 0.29) is 24.0 Å². The maximum atomic E-state index is 5.88. The molecule has 0 amide bonds. The molecule has 2 rings (SSSR count). The largest absolute Gasteiger partial charge is 0.370 e. The summed E-state index contributed by atoms with van der Waals surface area (Å²) in [6, 6.07) is 16.3. The average Bonchev–Trinajstić information content (AvgIpc) is 2.36. The van der Waals surface area contributed by atoms with Crippen molar-refractivity contribution in [1.82, 2.24) is 0 Å². The Morgan fingerprint density at radius 3 is 2.35 bits per heavy atom. The first kappa shape index (κ1) is 16.5. The first-order valence-corrected chi connectivity index (χ1v) is 6.32. The molecular formula is C16H20IN3. The van der Waals surface area contributed by atoms with E-state index in [2.05, 4.69) is 35.4 Å². The van der Waals surface area contributed by atoms with E-state index in [1.54, 1.807) is 0 Å². The van der Waals surface area contributed by atoms with Crippen molar-refractivity contribution in [1.29, 1.82) is 0 Å². The molecule has 0 saturated carbocycles. The second kappa shape index (κ2) is 7.89. The van der Waals surface area contributed by atoms with Crippen molar-refractivity contribution in [3.8, 4) is 0 Å². The van der Waals surface area contributed by atoms with E-state index in [1.807, 2.05) is 37.3 Å². The van der Waals surface area contributed by atoms with Crippen molar-refractivity contribution >= 4 is 35.6 Å². The van der Waals surface area contributed by atoms with Crippen LogP contribution in [0, 0.1) is 13.8 Å². The quantitative estimate of drug-likeness (QED) is 0.482. The Balaban J connectivity index is 0.00000200. The number of nitrogens with two attached hydrogens (primary N) is 1. The van der Waals surface area contributed by atoms with Crippen LogP contribution in [-0.4, -0.2) is 5.96 Å². The maximum Gasteiger partial charge on any atom is 0.193 e. The monoisotopic (exact) mass is 381 g/mol. The van der Waals surface area contributed by atoms with Crippen LogP contribution in [0.15, 0.2) is 53.5 Å². The third kappa shape index (κ3) is 5.21. The highest BCUT2D eigenvalue weighted by molar-refractivity contribution is 14.0. The number of rotatable bonds is 3. The molecule has 0 aliphatic heterocycles. The molecule has 0 aliphatic carbocycles. The highest BCUT2D eigenvalue weighted by Gasteiger charge is 1.96. The minimum atomic E-state index is 0. The smallest absolute Gasteiger partial charge is 0.193 e. The number of benzene rings is 2. The minimum Gasteiger partial charge on any atom is -0.370 e. The van der Waals surface area contributed by atoms with Gasteiger partial charge in [-0.3, -0.25) is 0 Å². The van der Waals surface area contributed by atoms with E-state index in [4.69, 9.17) is 5.73 Å². The van der Waals surface area contributed by atoms with Gasteiger partial charge in [0, 0.05) is 5.69 Å². The van der Waals surface area contributed by atoms with Crippen LogP contribution in [0.3, 0.4) is 0 Å². The number of aliphatic imine (C=N–C) groups is 1. The van der Waals surface area contributed by atoms with Gasteiger partial charge in [0.1, 0.15) is 0 Å². The normalized spacial score (nSPS) is 10.8. The highest BCUT2D eigenvalue weighted by atomic mass is 127. The van der Waals surface area contributed by atoms with E-state index in [0.29, 0.717) is 12.5 Å². The van der Waals surface area contributed by atoms with Crippen molar-refractivity contribution < 1.29 is 0 Å². The number of nitrogens with one attached hydrogen (secondary N) is 1. The zero-order valence-electron chi connectivity index (χ0n) is 11.8. The number of aryl methyl sites for hydroxylation is 2. The van der Waals surface area contributed by atoms with Gasteiger partial charge in [0.25, 0.3) is 0 Å². The molecule has 3 N–H and O–H groups in total. The van der Waals surface area contributed by atoms with Crippen molar-refractivity contribution in [3.05, 3.63) is 65.2 Å². The fourth-order valence-electron chi connectivity index (χ4n) is 1.90. The number of hydrogen-bond donors (Lipinski definition) is 2. The van der Waals surface area contributed by atoms with Gasteiger partial charge in [-0.1, -0.05) is 42.0 Å². The van der Waals surface area contributed by atoms with Crippen LogP contribution < -0.4 is 11.1 Å². The van der Waals surface area contributed by atoms with E-state index in [1.165, 1.54) is 11.1 Å². The lowest BCUT2D eigenvalue weighted by molar-refractivity contribution is 1.05. The molecule has 0 atom stereocenters. The van der Waals surface area contributed by atoms with Crippen molar-refractivity contribution in [2.24, 2.45) is 10.7 Å². The molecule has 0 aromatic heterocycles. The van der Waals surface area contributed by atoms with E-state index >= 15 is 0 Å². The summed E-state index contributed by atoms with van der Waals surface area (Å²) in [4.78, 5) is 4.34. The Hall–Kier alpha value is -1.56. The van der Waals surface area contributed by atoms with Crippen LogP contribution in [0.2, 0.25) is 0 Å². The molecule has 2 aromatic rings. The lowest BCUT2D eigenvalue weighted by Gasteiger charge is -2.06. The average molecular weight is 381 g/mol. The summed E-state index contributed by atoms with van der Waals surface area (Å²) in [5.74, 6) is 0.437. The zero-order valence-corrected chi connectivity index (χ0v) is 14.1. The van der Waals surface area contributed by atoms with Gasteiger partial charge < -0.3 is 11.1 Å². The predicted molar refractivity (Wildman–Crippen MR) is 96.7 cm³/mol. The molecule has 0 bridgehead atoms. The zero-order chi connectivity index (χ0) is 13.7. The van der Waals surface area contributed by atoms with Gasteiger partial charge in [0.05, 0.1) is 6.54 Å². The topological polar surface area (TPSA) is 50.4 Å². The molecule has 20 heavy (non-hydrogen) atoms. The Morgan fingerprint density at radius 1 is 1.05 bits per heavy atom. The molecule has 0 radical (unpaired) electrons. The maximum absolute atomic E-state index is 5.88. The second-order valence-electron chi connectivity index (χ2n) is 4.69. The number of anilines is 1. The van der Waals surface area contributed by atoms with Gasteiger partial charge in [0.2, 0.25) is 0 Å². The van der Waals surface area contributed by atoms with Crippen LogP contribution in [0.5, 0.6) is 0 Å². The molecule has 0 heterocycles. The fraction of sp³-hybridized carbons (Fsp3) is 0.188. The summed E-state index contributed by atoms with van der Waals surface area (Å²) >= 11 is 0. The number of guanidine groups is 1. The Morgan fingerprint density at radius 2 is 1.70 bits per heavy atom. The van der Waals surface area contributed by atoms with Crippen LogP contribution in [0.4, 0.5) is 5.69 Å². The molecule has 0 spiro atoms. The molecule has 4 heteroatoms. The first-order chi connectivity index (χ1) is 9.13. The van der Waals surface area contributed by atoms with Crippen LogP contribution >= 0.6 is 24.0 Å². The van der Waals surface area contributed by atoms with Crippen molar-refractivity contribution in [3.63, 3.8) is 0 Å². The highest BCUT2D eigenvalue weighted by Crippen LogP contribution is 2.09.